The number of rotatable bonds is 5. The van der Waals surface area contributed by atoms with Crippen LogP contribution in [0.15, 0.2) is 29.4 Å². The molecule has 0 aliphatic carbocycles. The molecule has 2 aromatic heterocycles. The van der Waals surface area contributed by atoms with Gasteiger partial charge in [-0.15, -0.1) is 35.3 Å². The molecule has 0 bridgehead atoms. The van der Waals surface area contributed by atoms with Gasteiger partial charge < -0.3 is 10.6 Å². The maximum atomic E-state index is 4.58. The molecule has 2 rings (SSSR count). The van der Waals surface area contributed by atoms with E-state index in [4.69, 9.17) is 0 Å². The Hall–Kier alpha value is -1.09. The lowest BCUT2D eigenvalue weighted by Crippen LogP contribution is -2.36. The SMILES string of the molecule is CCNC(=NCc1ccnn1C)NCc1ccc(C)s1.I. The Kier molecular flexibility index (Phi) is 7.73. The number of guanidine groups is 1. The molecule has 0 radical (unpaired) electrons. The molecule has 7 heteroatoms. The van der Waals surface area contributed by atoms with E-state index in [0.29, 0.717) is 6.54 Å². The average Bonchev–Trinajstić information content (AvgIpc) is 3.02. The lowest BCUT2D eigenvalue weighted by atomic mass is 10.4. The summed E-state index contributed by atoms with van der Waals surface area (Å²) < 4.78 is 1.84. The minimum Gasteiger partial charge on any atom is -0.357 e. The van der Waals surface area contributed by atoms with Crippen LogP contribution in [-0.4, -0.2) is 22.3 Å². The zero-order chi connectivity index (χ0) is 14.4. The largest absolute Gasteiger partial charge is 0.357 e. The monoisotopic (exact) mass is 419 g/mol. The number of halogens is 1. The Morgan fingerprint density at radius 1 is 1.33 bits per heavy atom. The molecule has 2 aromatic rings. The van der Waals surface area contributed by atoms with E-state index < -0.39 is 0 Å². The number of aliphatic imine (C=N–C) groups is 1. The first-order valence-corrected chi connectivity index (χ1v) is 7.55. The number of aromatic nitrogens is 2. The highest BCUT2D eigenvalue weighted by atomic mass is 127. The van der Waals surface area contributed by atoms with E-state index in [9.17, 15) is 0 Å². The van der Waals surface area contributed by atoms with Gasteiger partial charge in [-0.3, -0.25) is 4.68 Å². The molecular weight excluding hydrogens is 397 g/mol. The summed E-state index contributed by atoms with van der Waals surface area (Å²) in [6.45, 7) is 6.46. The molecule has 0 saturated heterocycles. The lowest BCUT2D eigenvalue weighted by Gasteiger charge is -2.10. The molecule has 2 N–H and O–H groups in total. The fourth-order valence-electron chi connectivity index (χ4n) is 1.81. The highest BCUT2D eigenvalue weighted by Crippen LogP contribution is 2.14. The van der Waals surface area contributed by atoms with Gasteiger partial charge in [0.2, 0.25) is 0 Å². The molecule has 0 spiro atoms. The van der Waals surface area contributed by atoms with Crippen LogP contribution in [0, 0.1) is 6.92 Å². The predicted octanol–water partition coefficient (Wildman–Crippen LogP) is 2.66. The Morgan fingerprint density at radius 3 is 2.71 bits per heavy atom. The van der Waals surface area contributed by atoms with Crippen LogP contribution >= 0.6 is 35.3 Å². The first-order chi connectivity index (χ1) is 9.69. The van der Waals surface area contributed by atoms with E-state index in [1.807, 2.05) is 17.8 Å². The normalized spacial score (nSPS) is 11.1. The zero-order valence-corrected chi connectivity index (χ0v) is 15.7. The molecule has 0 saturated carbocycles. The van der Waals surface area contributed by atoms with Gasteiger partial charge in [-0.2, -0.15) is 5.10 Å². The fraction of sp³-hybridized carbons (Fsp3) is 0.429. The number of nitrogens with one attached hydrogen (secondary N) is 2. The average molecular weight is 419 g/mol. The van der Waals surface area contributed by atoms with Crippen molar-refractivity contribution < 1.29 is 0 Å². The molecule has 0 atom stereocenters. The van der Waals surface area contributed by atoms with Crippen LogP contribution in [0.4, 0.5) is 0 Å². The zero-order valence-electron chi connectivity index (χ0n) is 12.6. The molecule has 0 aliphatic heterocycles. The maximum absolute atomic E-state index is 4.58. The van der Waals surface area contributed by atoms with Gasteiger partial charge in [-0.05, 0) is 32.0 Å². The second-order valence-electron chi connectivity index (χ2n) is 4.51. The first kappa shape index (κ1) is 18.0. The molecule has 5 nitrogen and oxygen atoms in total. The molecule has 0 amide bonds. The molecule has 0 unspecified atom stereocenters. The third kappa shape index (κ3) is 5.66. The molecule has 0 aliphatic rings. The Balaban J connectivity index is 0.00000220. The van der Waals surface area contributed by atoms with Crippen molar-refractivity contribution in [3.8, 4) is 0 Å². The second kappa shape index (κ2) is 9.04. The van der Waals surface area contributed by atoms with Gasteiger partial charge in [-0.1, -0.05) is 0 Å². The van der Waals surface area contributed by atoms with Crippen LogP contribution in [0.5, 0.6) is 0 Å². The Labute approximate surface area is 146 Å². The summed E-state index contributed by atoms with van der Waals surface area (Å²) in [7, 11) is 1.93. The summed E-state index contributed by atoms with van der Waals surface area (Å²) in [6, 6.07) is 6.27. The highest BCUT2D eigenvalue weighted by molar-refractivity contribution is 14.0. The van der Waals surface area contributed by atoms with Crippen molar-refractivity contribution in [2.24, 2.45) is 12.0 Å². The van der Waals surface area contributed by atoms with Crippen LogP contribution in [0.2, 0.25) is 0 Å². The standard InChI is InChI=1S/C14H21N5S.HI/c1-4-15-14(16-9-12-7-8-18-19(12)3)17-10-13-6-5-11(2)20-13;/h5-8H,4,9-10H2,1-3H3,(H2,15,16,17);1H. The van der Waals surface area contributed by atoms with Crippen LogP contribution in [-0.2, 0) is 20.1 Å². The van der Waals surface area contributed by atoms with Crippen molar-refractivity contribution >= 4 is 41.3 Å². The van der Waals surface area contributed by atoms with Crippen LogP contribution < -0.4 is 10.6 Å². The van der Waals surface area contributed by atoms with Crippen LogP contribution in [0.25, 0.3) is 0 Å². The minimum absolute atomic E-state index is 0. The van der Waals surface area contributed by atoms with E-state index in [0.717, 1.165) is 24.7 Å². The number of hydrogen-bond donors (Lipinski definition) is 2. The molecule has 2 heterocycles. The fourth-order valence-corrected chi connectivity index (χ4v) is 2.64. The van der Waals surface area contributed by atoms with Crippen molar-refractivity contribution in [2.75, 3.05) is 6.54 Å². The maximum Gasteiger partial charge on any atom is 0.191 e. The lowest BCUT2D eigenvalue weighted by molar-refractivity contribution is 0.707. The quantitative estimate of drug-likeness (QED) is 0.445. The van der Waals surface area contributed by atoms with Crippen molar-refractivity contribution in [1.82, 2.24) is 20.4 Å². The number of thiophene rings is 1. The summed E-state index contributed by atoms with van der Waals surface area (Å²) in [5.41, 5.74) is 1.09. The Bertz CT molecular complexity index is 575. The molecule has 21 heavy (non-hydrogen) atoms. The topological polar surface area (TPSA) is 54.2 Å². The van der Waals surface area contributed by atoms with Crippen molar-refractivity contribution in [1.29, 1.82) is 0 Å². The molecule has 0 aromatic carbocycles. The van der Waals surface area contributed by atoms with E-state index in [1.54, 1.807) is 17.5 Å². The summed E-state index contributed by atoms with van der Waals surface area (Å²) in [5, 5.41) is 10.8. The summed E-state index contributed by atoms with van der Waals surface area (Å²) in [5.74, 6) is 0.833. The third-order valence-corrected chi connectivity index (χ3v) is 3.89. The van der Waals surface area contributed by atoms with E-state index in [1.165, 1.54) is 9.75 Å². The van der Waals surface area contributed by atoms with E-state index in [-0.39, 0.29) is 24.0 Å². The minimum atomic E-state index is 0. The van der Waals surface area contributed by atoms with Gasteiger partial charge in [0.1, 0.15) is 0 Å². The van der Waals surface area contributed by atoms with Gasteiger partial charge in [-0.25, -0.2) is 4.99 Å². The van der Waals surface area contributed by atoms with Crippen molar-refractivity contribution in [3.63, 3.8) is 0 Å². The van der Waals surface area contributed by atoms with Gasteiger partial charge in [0.05, 0.1) is 18.8 Å². The third-order valence-electron chi connectivity index (χ3n) is 2.89. The number of nitrogens with zero attached hydrogens (tertiary/aromatic N) is 3. The highest BCUT2D eigenvalue weighted by Gasteiger charge is 2.01. The summed E-state index contributed by atoms with van der Waals surface area (Å²) in [6.07, 6.45) is 1.79. The second-order valence-corrected chi connectivity index (χ2v) is 5.88. The number of hydrogen-bond acceptors (Lipinski definition) is 3. The Morgan fingerprint density at radius 2 is 2.14 bits per heavy atom. The first-order valence-electron chi connectivity index (χ1n) is 6.73. The summed E-state index contributed by atoms with van der Waals surface area (Å²) in [4.78, 5) is 7.22. The van der Waals surface area contributed by atoms with E-state index >= 15 is 0 Å². The molecule has 0 fully saturated rings. The van der Waals surface area contributed by atoms with Gasteiger partial charge in [0.15, 0.2) is 5.96 Å². The van der Waals surface area contributed by atoms with Gasteiger partial charge in [0.25, 0.3) is 0 Å². The summed E-state index contributed by atoms with van der Waals surface area (Å²) >= 11 is 1.81. The van der Waals surface area contributed by atoms with Gasteiger partial charge in [0, 0.05) is 29.5 Å². The van der Waals surface area contributed by atoms with Crippen molar-refractivity contribution in [2.45, 2.75) is 26.9 Å². The molecule has 116 valence electrons. The number of aryl methyl sites for hydroxylation is 2. The van der Waals surface area contributed by atoms with E-state index in [2.05, 4.69) is 46.7 Å². The van der Waals surface area contributed by atoms with Crippen LogP contribution in [0.3, 0.4) is 0 Å². The van der Waals surface area contributed by atoms with Crippen molar-refractivity contribution in [3.05, 3.63) is 39.8 Å². The molecular formula is C14H22IN5S. The van der Waals surface area contributed by atoms with Gasteiger partial charge >= 0.3 is 0 Å². The smallest absolute Gasteiger partial charge is 0.191 e. The van der Waals surface area contributed by atoms with Crippen LogP contribution in [0.1, 0.15) is 22.4 Å². The predicted molar refractivity (Wildman–Crippen MR) is 99.3 cm³/mol.